The second kappa shape index (κ2) is 12.3. The molecular weight excluding hydrogens is 504 g/mol. The normalized spacial score (nSPS) is 14.5. The Bertz CT molecular complexity index is 1400. The van der Waals surface area contributed by atoms with Gasteiger partial charge in [0.05, 0.1) is 16.8 Å². The van der Waals surface area contributed by atoms with Crippen LogP contribution in [-0.4, -0.2) is 35.0 Å². The van der Waals surface area contributed by atoms with E-state index >= 15 is 0 Å². The Hall–Kier alpha value is -3.85. The molecule has 4 rings (SSSR count). The van der Waals surface area contributed by atoms with E-state index in [1.54, 1.807) is 12.1 Å². The highest BCUT2D eigenvalue weighted by atomic mass is 19.1. The molecule has 9 heteroatoms. The molecule has 0 unspecified atom stereocenters. The molecular formula is C30H33F2N3O4. The lowest BCUT2D eigenvalue weighted by molar-refractivity contribution is -0.152. The fourth-order valence-electron chi connectivity index (χ4n) is 4.85. The van der Waals surface area contributed by atoms with Crippen LogP contribution in [0.15, 0.2) is 59.4 Å². The second-order valence-electron chi connectivity index (χ2n) is 10.2. The summed E-state index contributed by atoms with van der Waals surface area (Å²) in [4.78, 5) is 38.2. The van der Waals surface area contributed by atoms with Crippen molar-refractivity contribution in [2.75, 3.05) is 12.3 Å². The predicted molar refractivity (Wildman–Crippen MR) is 145 cm³/mol. The zero-order valence-corrected chi connectivity index (χ0v) is 22.1. The van der Waals surface area contributed by atoms with Crippen molar-refractivity contribution >= 4 is 17.6 Å². The third-order valence-electron chi connectivity index (χ3n) is 7.03. The van der Waals surface area contributed by atoms with Crippen LogP contribution in [0.3, 0.4) is 0 Å². The van der Waals surface area contributed by atoms with Crippen molar-refractivity contribution in [3.05, 3.63) is 93.3 Å². The Morgan fingerprint density at radius 2 is 1.69 bits per heavy atom. The molecule has 2 aromatic carbocycles. The molecule has 206 valence electrons. The molecule has 1 aromatic heterocycles. The minimum Gasteiger partial charge on any atom is -0.461 e. The first-order chi connectivity index (χ1) is 18.7. The second-order valence-corrected chi connectivity index (χ2v) is 10.2. The van der Waals surface area contributed by atoms with Gasteiger partial charge in [0.2, 0.25) is 0 Å². The number of nitrogens with two attached hydrogens (primary N) is 1. The minimum absolute atomic E-state index is 0.0208. The van der Waals surface area contributed by atoms with E-state index in [1.807, 2.05) is 26.0 Å². The summed E-state index contributed by atoms with van der Waals surface area (Å²) in [5, 5.41) is 3.31. The Morgan fingerprint density at radius 1 is 1.03 bits per heavy atom. The van der Waals surface area contributed by atoms with Gasteiger partial charge in [0.15, 0.2) is 5.78 Å². The Morgan fingerprint density at radius 3 is 2.33 bits per heavy atom. The average molecular weight is 538 g/mol. The lowest BCUT2D eigenvalue weighted by Crippen LogP contribution is -2.44. The van der Waals surface area contributed by atoms with Crippen LogP contribution in [0, 0.1) is 17.6 Å². The number of hydrogen-bond acceptors (Lipinski definition) is 6. The highest BCUT2D eigenvalue weighted by Crippen LogP contribution is 2.23. The monoisotopic (exact) mass is 537 g/mol. The molecule has 3 aromatic rings. The van der Waals surface area contributed by atoms with Gasteiger partial charge in [-0.25, -0.2) is 8.78 Å². The van der Waals surface area contributed by atoms with Crippen LogP contribution in [0.2, 0.25) is 0 Å². The smallest absolute Gasteiger partial charge is 0.323 e. The third-order valence-corrected chi connectivity index (χ3v) is 7.03. The molecule has 1 heterocycles. The number of ketones is 1. The molecule has 1 aliphatic rings. The minimum atomic E-state index is -1.01. The number of pyridine rings is 1. The number of nitrogen functional groups attached to an aromatic ring is 1. The summed E-state index contributed by atoms with van der Waals surface area (Å²) in [6.45, 7) is 4.51. The van der Waals surface area contributed by atoms with Crippen LogP contribution in [-0.2, 0) is 16.0 Å². The van der Waals surface area contributed by atoms with Crippen molar-refractivity contribution in [2.45, 2.75) is 58.1 Å². The topological polar surface area (TPSA) is 103 Å². The molecule has 0 bridgehead atoms. The van der Waals surface area contributed by atoms with Crippen molar-refractivity contribution in [3.63, 3.8) is 0 Å². The molecule has 7 nitrogen and oxygen atoms in total. The molecule has 0 amide bonds. The lowest BCUT2D eigenvalue weighted by Gasteiger charge is -2.23. The first kappa shape index (κ1) is 28.2. The first-order valence-electron chi connectivity index (χ1n) is 13.2. The van der Waals surface area contributed by atoms with Gasteiger partial charge in [0, 0.05) is 12.1 Å². The van der Waals surface area contributed by atoms with E-state index in [4.69, 9.17) is 10.5 Å². The molecule has 1 fully saturated rings. The van der Waals surface area contributed by atoms with Crippen LogP contribution in [0.1, 0.15) is 61.0 Å². The average Bonchev–Trinajstić information content (AvgIpc) is 3.40. The summed E-state index contributed by atoms with van der Waals surface area (Å²) in [6, 6.07) is 11.7. The number of benzene rings is 2. The number of halogens is 2. The number of hydrogen-bond donors (Lipinski definition) is 2. The van der Waals surface area contributed by atoms with Gasteiger partial charge in [0.1, 0.15) is 29.6 Å². The first-order valence-corrected chi connectivity index (χ1v) is 13.2. The molecule has 39 heavy (non-hydrogen) atoms. The number of ether oxygens (including phenoxy) is 1. The number of esters is 1. The highest BCUT2D eigenvalue weighted by molar-refractivity contribution is 6.11. The summed E-state index contributed by atoms with van der Waals surface area (Å²) in [5.74, 6) is -2.85. The number of anilines is 1. The van der Waals surface area contributed by atoms with Crippen LogP contribution in [0.4, 0.5) is 14.6 Å². The van der Waals surface area contributed by atoms with Crippen molar-refractivity contribution < 1.29 is 23.1 Å². The number of carbonyl (C=O) groups excluding carboxylic acids is 2. The van der Waals surface area contributed by atoms with E-state index in [-0.39, 0.29) is 34.9 Å². The summed E-state index contributed by atoms with van der Waals surface area (Å²) >= 11 is 0. The maximum Gasteiger partial charge on any atom is 0.323 e. The van der Waals surface area contributed by atoms with E-state index in [9.17, 15) is 23.2 Å². The van der Waals surface area contributed by atoms with Crippen LogP contribution in [0.5, 0.6) is 0 Å². The predicted octanol–water partition coefficient (Wildman–Crippen LogP) is 4.57. The largest absolute Gasteiger partial charge is 0.461 e. The molecule has 1 saturated carbocycles. The van der Waals surface area contributed by atoms with Gasteiger partial charge >= 0.3 is 5.97 Å². The Labute approximate surface area is 226 Å². The fraction of sp³-hybridized carbons (Fsp3) is 0.367. The third kappa shape index (κ3) is 6.60. The number of nitrogens with zero attached hydrogens (tertiary/aromatic N) is 1. The number of rotatable bonds is 10. The van der Waals surface area contributed by atoms with Gasteiger partial charge in [-0.15, -0.1) is 0 Å². The van der Waals surface area contributed by atoms with E-state index in [0.29, 0.717) is 24.7 Å². The summed E-state index contributed by atoms with van der Waals surface area (Å²) in [7, 11) is 0. The van der Waals surface area contributed by atoms with Crippen LogP contribution >= 0.6 is 0 Å². The van der Waals surface area contributed by atoms with Gasteiger partial charge in [-0.3, -0.25) is 19.0 Å². The summed E-state index contributed by atoms with van der Waals surface area (Å²) in [6.07, 6.45) is 4.70. The van der Waals surface area contributed by atoms with Gasteiger partial charge in [-0.05, 0) is 80.5 Å². The Kier molecular flexibility index (Phi) is 8.91. The SMILES string of the molecule is CC(C)[C@H](NCCc1ccc(-n2c(N)c(C(=O)c3ccc(F)cc3F)ccc2=O)cc1)C(=O)OC1CCCC1. The molecule has 0 spiro atoms. The lowest BCUT2D eigenvalue weighted by atomic mass is 10.0. The van der Waals surface area contributed by atoms with E-state index in [1.165, 1.54) is 16.7 Å². The zero-order chi connectivity index (χ0) is 28.1. The number of aromatic nitrogens is 1. The molecule has 0 aliphatic heterocycles. The van der Waals surface area contributed by atoms with Crippen LogP contribution < -0.4 is 16.6 Å². The van der Waals surface area contributed by atoms with Gasteiger partial charge in [-0.2, -0.15) is 0 Å². The highest BCUT2D eigenvalue weighted by Gasteiger charge is 2.27. The molecule has 3 N–H and O–H groups in total. The Balaban J connectivity index is 1.45. The molecule has 0 radical (unpaired) electrons. The fourth-order valence-corrected chi connectivity index (χ4v) is 4.85. The molecule has 1 aliphatic carbocycles. The van der Waals surface area contributed by atoms with Gasteiger partial charge < -0.3 is 15.8 Å². The van der Waals surface area contributed by atoms with Crippen molar-refractivity contribution in [2.24, 2.45) is 5.92 Å². The van der Waals surface area contributed by atoms with Gasteiger partial charge in [0.25, 0.3) is 5.56 Å². The van der Waals surface area contributed by atoms with E-state index in [0.717, 1.165) is 43.4 Å². The summed E-state index contributed by atoms with van der Waals surface area (Å²) < 4.78 is 34.3. The van der Waals surface area contributed by atoms with Crippen LogP contribution in [0.25, 0.3) is 5.69 Å². The van der Waals surface area contributed by atoms with E-state index < -0.39 is 29.0 Å². The van der Waals surface area contributed by atoms with E-state index in [2.05, 4.69) is 5.32 Å². The maximum absolute atomic E-state index is 14.2. The van der Waals surface area contributed by atoms with Crippen molar-refractivity contribution in [3.8, 4) is 5.69 Å². The summed E-state index contributed by atoms with van der Waals surface area (Å²) in [5.41, 5.74) is 6.71. The molecule has 1 atom stereocenters. The van der Waals surface area contributed by atoms with Crippen molar-refractivity contribution in [1.29, 1.82) is 0 Å². The quantitative estimate of drug-likeness (QED) is 0.290. The molecule has 0 saturated heterocycles. The number of carbonyl (C=O) groups is 2. The number of nitrogens with one attached hydrogen (secondary N) is 1. The van der Waals surface area contributed by atoms with Gasteiger partial charge in [-0.1, -0.05) is 26.0 Å². The zero-order valence-electron chi connectivity index (χ0n) is 22.1. The van der Waals surface area contributed by atoms with Crippen molar-refractivity contribution in [1.82, 2.24) is 9.88 Å². The standard InChI is InChI=1S/C30H33F2N3O4/c1-18(2)27(30(38)39-22-5-3-4-6-22)34-16-15-19-7-10-21(11-8-19)35-26(36)14-13-24(29(35)33)28(37)23-12-9-20(31)17-25(23)32/h7-14,17-18,22,27,34H,3-6,15-16,33H2,1-2H3/t27-/m0/s1. The maximum atomic E-state index is 14.2.